The van der Waals surface area contributed by atoms with E-state index in [0.29, 0.717) is 12.8 Å². The third-order valence-electron chi connectivity index (χ3n) is 2.68. The van der Waals surface area contributed by atoms with E-state index in [4.69, 9.17) is 5.11 Å². The average molecular weight is 226 g/mol. The lowest BCUT2D eigenvalue weighted by molar-refractivity contribution is -0.180. The van der Waals surface area contributed by atoms with Gasteiger partial charge in [0.15, 0.2) is 0 Å². The van der Waals surface area contributed by atoms with E-state index in [2.05, 4.69) is 0 Å². The zero-order chi connectivity index (χ0) is 12.1. The van der Waals surface area contributed by atoms with Gasteiger partial charge in [0.25, 0.3) is 0 Å². The standard InChI is InChI=1S/C10H17F3O2/c1-3-5-6-9(4-2,8(14)15)7-10(11,12)13/h3-7H2,1-2H3,(H,14,15). The lowest BCUT2D eigenvalue weighted by Crippen LogP contribution is -2.35. The van der Waals surface area contributed by atoms with Crippen LogP contribution >= 0.6 is 0 Å². The van der Waals surface area contributed by atoms with Crippen LogP contribution in [0.3, 0.4) is 0 Å². The van der Waals surface area contributed by atoms with Gasteiger partial charge in [-0.15, -0.1) is 0 Å². The van der Waals surface area contributed by atoms with Crippen molar-refractivity contribution in [3.8, 4) is 0 Å². The molecule has 1 atom stereocenters. The first-order valence-corrected chi connectivity index (χ1v) is 5.07. The van der Waals surface area contributed by atoms with Gasteiger partial charge < -0.3 is 5.11 Å². The van der Waals surface area contributed by atoms with Gasteiger partial charge in [0, 0.05) is 0 Å². The summed E-state index contributed by atoms with van der Waals surface area (Å²) in [6.45, 7) is 3.32. The Morgan fingerprint density at radius 3 is 2.07 bits per heavy atom. The van der Waals surface area contributed by atoms with E-state index in [0.717, 1.165) is 0 Å². The van der Waals surface area contributed by atoms with Crippen molar-refractivity contribution in [1.29, 1.82) is 0 Å². The summed E-state index contributed by atoms with van der Waals surface area (Å²) >= 11 is 0. The first kappa shape index (κ1) is 14.3. The molecule has 90 valence electrons. The maximum absolute atomic E-state index is 12.3. The Kier molecular flexibility index (Phi) is 5.11. The second kappa shape index (κ2) is 5.37. The van der Waals surface area contributed by atoms with Crippen LogP contribution in [0.4, 0.5) is 13.2 Å². The molecule has 0 heterocycles. The van der Waals surface area contributed by atoms with Crippen LogP contribution in [0.5, 0.6) is 0 Å². The third-order valence-corrected chi connectivity index (χ3v) is 2.68. The van der Waals surface area contributed by atoms with Crippen LogP contribution in [0, 0.1) is 5.41 Å². The summed E-state index contributed by atoms with van der Waals surface area (Å²) < 4.78 is 36.8. The molecule has 0 aromatic carbocycles. The van der Waals surface area contributed by atoms with Gasteiger partial charge in [-0.25, -0.2) is 0 Å². The fraction of sp³-hybridized carbons (Fsp3) is 0.900. The molecule has 0 aromatic rings. The number of hydrogen-bond donors (Lipinski definition) is 1. The van der Waals surface area contributed by atoms with Crippen LogP contribution in [-0.4, -0.2) is 17.3 Å². The zero-order valence-corrected chi connectivity index (χ0v) is 9.02. The summed E-state index contributed by atoms with van der Waals surface area (Å²) in [5.41, 5.74) is -1.63. The van der Waals surface area contributed by atoms with Crippen molar-refractivity contribution in [3.63, 3.8) is 0 Å². The smallest absolute Gasteiger partial charge is 0.390 e. The SMILES string of the molecule is CCCCC(CC)(CC(F)(F)F)C(=O)O. The Balaban J connectivity index is 4.73. The Morgan fingerprint density at radius 2 is 1.80 bits per heavy atom. The van der Waals surface area contributed by atoms with Crippen molar-refractivity contribution in [1.82, 2.24) is 0 Å². The molecule has 0 aliphatic carbocycles. The molecule has 1 unspecified atom stereocenters. The molecule has 15 heavy (non-hydrogen) atoms. The summed E-state index contributed by atoms with van der Waals surface area (Å²) in [6.07, 6.45) is -4.33. The highest BCUT2D eigenvalue weighted by Gasteiger charge is 2.46. The highest BCUT2D eigenvalue weighted by atomic mass is 19.4. The van der Waals surface area contributed by atoms with E-state index in [9.17, 15) is 18.0 Å². The molecule has 0 aliphatic rings. The van der Waals surface area contributed by atoms with Gasteiger partial charge in [-0.1, -0.05) is 26.7 Å². The summed E-state index contributed by atoms with van der Waals surface area (Å²) in [6, 6.07) is 0. The molecule has 0 fully saturated rings. The number of aliphatic carboxylic acids is 1. The molecule has 0 bridgehead atoms. The number of halogens is 3. The first-order valence-electron chi connectivity index (χ1n) is 5.07. The summed E-state index contributed by atoms with van der Waals surface area (Å²) in [7, 11) is 0. The largest absolute Gasteiger partial charge is 0.481 e. The second-order valence-corrected chi connectivity index (χ2v) is 3.83. The van der Waals surface area contributed by atoms with Crippen molar-refractivity contribution in [2.75, 3.05) is 0 Å². The van der Waals surface area contributed by atoms with E-state index in [1.165, 1.54) is 6.92 Å². The maximum atomic E-state index is 12.3. The number of carboxylic acid groups (broad SMARTS) is 1. The number of unbranched alkanes of at least 4 members (excludes halogenated alkanes) is 1. The van der Waals surface area contributed by atoms with Gasteiger partial charge in [-0.05, 0) is 12.8 Å². The molecule has 1 N–H and O–H groups in total. The van der Waals surface area contributed by atoms with Crippen LogP contribution in [0.1, 0.15) is 46.0 Å². The number of alkyl halides is 3. The summed E-state index contributed by atoms with van der Waals surface area (Å²) in [5.74, 6) is -1.34. The monoisotopic (exact) mass is 226 g/mol. The molecule has 2 nitrogen and oxygen atoms in total. The Labute approximate surface area is 87.5 Å². The highest BCUT2D eigenvalue weighted by Crippen LogP contribution is 2.40. The number of hydrogen-bond acceptors (Lipinski definition) is 1. The van der Waals surface area contributed by atoms with Gasteiger partial charge in [0.2, 0.25) is 0 Å². The van der Waals surface area contributed by atoms with E-state index >= 15 is 0 Å². The van der Waals surface area contributed by atoms with E-state index in [-0.39, 0.29) is 12.8 Å². The van der Waals surface area contributed by atoms with Gasteiger partial charge in [0.05, 0.1) is 11.8 Å². The fourth-order valence-electron chi connectivity index (χ4n) is 1.62. The van der Waals surface area contributed by atoms with Crippen LogP contribution in [0.2, 0.25) is 0 Å². The number of carboxylic acids is 1. The predicted octanol–water partition coefficient (Wildman–Crippen LogP) is 3.61. The van der Waals surface area contributed by atoms with E-state index in [1.54, 1.807) is 0 Å². The summed E-state index contributed by atoms with van der Waals surface area (Å²) in [5, 5.41) is 8.91. The first-order chi connectivity index (χ1) is 6.77. The normalized spacial score (nSPS) is 16.1. The van der Waals surface area contributed by atoms with E-state index in [1.807, 2.05) is 6.92 Å². The van der Waals surface area contributed by atoms with Crippen molar-refractivity contribution >= 4 is 5.97 Å². The Bertz CT molecular complexity index is 213. The van der Waals surface area contributed by atoms with Gasteiger partial charge >= 0.3 is 12.1 Å². The van der Waals surface area contributed by atoms with Gasteiger partial charge in [0.1, 0.15) is 0 Å². The van der Waals surface area contributed by atoms with Gasteiger partial charge in [-0.2, -0.15) is 13.2 Å². The molecular formula is C10H17F3O2. The molecule has 0 saturated heterocycles. The molecule has 0 aliphatic heterocycles. The minimum absolute atomic E-state index is 0.0157. The summed E-state index contributed by atoms with van der Waals surface area (Å²) in [4.78, 5) is 10.9. The Morgan fingerprint density at radius 1 is 1.27 bits per heavy atom. The lowest BCUT2D eigenvalue weighted by Gasteiger charge is -2.29. The van der Waals surface area contributed by atoms with Crippen molar-refractivity contribution < 1.29 is 23.1 Å². The van der Waals surface area contributed by atoms with Gasteiger partial charge in [-0.3, -0.25) is 4.79 Å². The molecule has 0 spiro atoms. The van der Waals surface area contributed by atoms with Crippen molar-refractivity contribution in [2.45, 2.75) is 52.1 Å². The minimum atomic E-state index is -4.41. The fourth-order valence-corrected chi connectivity index (χ4v) is 1.62. The zero-order valence-electron chi connectivity index (χ0n) is 9.02. The molecule has 0 amide bonds. The lowest BCUT2D eigenvalue weighted by atomic mass is 9.77. The predicted molar refractivity (Wildman–Crippen MR) is 50.6 cm³/mol. The number of rotatable bonds is 6. The third kappa shape index (κ3) is 4.53. The van der Waals surface area contributed by atoms with Crippen molar-refractivity contribution in [3.05, 3.63) is 0 Å². The number of carbonyl (C=O) groups is 1. The Hall–Kier alpha value is -0.740. The molecular weight excluding hydrogens is 209 g/mol. The molecule has 0 rings (SSSR count). The average Bonchev–Trinajstić information content (AvgIpc) is 2.10. The van der Waals surface area contributed by atoms with Crippen LogP contribution in [0.25, 0.3) is 0 Å². The van der Waals surface area contributed by atoms with Crippen LogP contribution in [-0.2, 0) is 4.79 Å². The second-order valence-electron chi connectivity index (χ2n) is 3.83. The maximum Gasteiger partial charge on any atom is 0.390 e. The topological polar surface area (TPSA) is 37.3 Å². The van der Waals surface area contributed by atoms with Crippen molar-refractivity contribution in [2.24, 2.45) is 5.41 Å². The molecule has 0 aromatic heterocycles. The minimum Gasteiger partial charge on any atom is -0.481 e. The quantitative estimate of drug-likeness (QED) is 0.751. The molecule has 0 saturated carbocycles. The van der Waals surface area contributed by atoms with Crippen LogP contribution in [0.15, 0.2) is 0 Å². The molecule has 5 heteroatoms. The van der Waals surface area contributed by atoms with E-state index < -0.39 is 24.0 Å². The highest BCUT2D eigenvalue weighted by molar-refractivity contribution is 5.74. The van der Waals surface area contributed by atoms with Crippen LogP contribution < -0.4 is 0 Å². The molecule has 0 radical (unpaired) electrons.